The molecule has 1 fully saturated rings. The Hall–Kier alpha value is -2.53. The molecule has 1 N–H and O–H groups in total. The summed E-state index contributed by atoms with van der Waals surface area (Å²) in [5, 5.41) is 3.35. The summed E-state index contributed by atoms with van der Waals surface area (Å²) in [6, 6.07) is 14.3. The van der Waals surface area contributed by atoms with E-state index in [0.29, 0.717) is 28.7 Å². The van der Waals surface area contributed by atoms with Gasteiger partial charge in [-0.25, -0.2) is 0 Å². The maximum atomic E-state index is 12.4. The average Bonchev–Trinajstić information content (AvgIpc) is 2.97. The quantitative estimate of drug-likeness (QED) is 0.925. The summed E-state index contributed by atoms with van der Waals surface area (Å²) in [5.74, 6) is -0.153. The van der Waals surface area contributed by atoms with Gasteiger partial charge in [0.15, 0.2) is 0 Å². The largest absolute Gasteiger partial charge is 0.495 e. The fraction of sp³-hybridized carbons (Fsp3) is 0.222. The van der Waals surface area contributed by atoms with E-state index in [-0.39, 0.29) is 18.2 Å². The van der Waals surface area contributed by atoms with Gasteiger partial charge in [0, 0.05) is 23.7 Å². The second-order valence-electron chi connectivity index (χ2n) is 5.58. The Balaban J connectivity index is 1.76. The van der Waals surface area contributed by atoms with Crippen molar-refractivity contribution in [1.29, 1.82) is 0 Å². The van der Waals surface area contributed by atoms with Crippen LogP contribution in [0.5, 0.6) is 5.75 Å². The maximum absolute atomic E-state index is 12.4. The molecule has 2 amide bonds. The van der Waals surface area contributed by atoms with E-state index >= 15 is 0 Å². The van der Waals surface area contributed by atoms with Crippen molar-refractivity contribution in [1.82, 2.24) is 0 Å². The van der Waals surface area contributed by atoms with E-state index in [0.717, 1.165) is 0 Å². The summed E-state index contributed by atoms with van der Waals surface area (Å²) < 4.78 is 5.30. The van der Waals surface area contributed by atoms with Gasteiger partial charge in [-0.1, -0.05) is 29.8 Å². The number of carbonyl (C=O) groups excluding carboxylic acids is 2. The van der Waals surface area contributed by atoms with Gasteiger partial charge in [0.25, 0.3) is 0 Å². The Kier molecular flexibility index (Phi) is 4.71. The lowest BCUT2D eigenvalue weighted by Gasteiger charge is -2.19. The average molecular weight is 345 g/mol. The first-order chi connectivity index (χ1) is 11.6. The van der Waals surface area contributed by atoms with Gasteiger partial charge in [-0.2, -0.15) is 0 Å². The molecule has 1 saturated heterocycles. The Morgan fingerprint density at radius 3 is 2.71 bits per heavy atom. The van der Waals surface area contributed by atoms with Crippen LogP contribution in [-0.2, 0) is 9.59 Å². The molecule has 2 aromatic carbocycles. The Bertz CT molecular complexity index is 764. The molecule has 24 heavy (non-hydrogen) atoms. The van der Waals surface area contributed by atoms with Crippen LogP contribution in [0.25, 0.3) is 0 Å². The predicted molar refractivity (Wildman–Crippen MR) is 93.5 cm³/mol. The number of rotatable bonds is 4. The third kappa shape index (κ3) is 3.36. The zero-order chi connectivity index (χ0) is 17.1. The molecule has 0 aliphatic carbocycles. The standard InChI is InChI=1S/C18H17ClN2O3/c1-24-16-8-7-13(19)10-15(16)21-11-12(9-17(21)22)18(23)20-14-5-3-2-4-6-14/h2-8,10,12H,9,11H2,1H3,(H,20,23)/t12-/m0/s1. The van der Waals surface area contributed by atoms with E-state index in [1.54, 1.807) is 23.1 Å². The van der Waals surface area contributed by atoms with Crippen LogP contribution in [0.1, 0.15) is 6.42 Å². The van der Waals surface area contributed by atoms with Gasteiger partial charge in [-0.15, -0.1) is 0 Å². The van der Waals surface area contributed by atoms with Crippen molar-refractivity contribution >= 4 is 34.8 Å². The molecule has 3 rings (SSSR count). The number of carbonyl (C=O) groups is 2. The van der Waals surface area contributed by atoms with Crippen molar-refractivity contribution in [3.05, 3.63) is 53.6 Å². The summed E-state index contributed by atoms with van der Waals surface area (Å²) in [7, 11) is 1.53. The second kappa shape index (κ2) is 6.93. The number of methoxy groups -OCH3 is 1. The Labute approximate surface area is 145 Å². The SMILES string of the molecule is COc1ccc(Cl)cc1N1C[C@@H](C(=O)Nc2ccccc2)CC1=O. The summed E-state index contributed by atoms with van der Waals surface area (Å²) in [5.41, 5.74) is 1.30. The highest BCUT2D eigenvalue weighted by Gasteiger charge is 2.36. The van der Waals surface area contributed by atoms with Gasteiger partial charge in [-0.3, -0.25) is 9.59 Å². The number of ether oxygens (including phenoxy) is 1. The third-order valence-corrected chi connectivity index (χ3v) is 4.20. The summed E-state index contributed by atoms with van der Waals surface area (Å²) in [6.45, 7) is 0.300. The molecule has 6 heteroatoms. The van der Waals surface area contributed by atoms with Gasteiger partial charge in [0.05, 0.1) is 18.7 Å². The molecule has 0 saturated carbocycles. The van der Waals surface area contributed by atoms with E-state index in [1.807, 2.05) is 30.3 Å². The van der Waals surface area contributed by atoms with Crippen LogP contribution >= 0.6 is 11.6 Å². The number of benzene rings is 2. The molecule has 0 spiro atoms. The number of anilines is 2. The highest BCUT2D eigenvalue weighted by Crippen LogP contribution is 2.35. The van der Waals surface area contributed by atoms with Crippen molar-refractivity contribution in [2.45, 2.75) is 6.42 Å². The minimum atomic E-state index is -0.415. The lowest BCUT2D eigenvalue weighted by Crippen LogP contribution is -2.28. The fourth-order valence-corrected chi connectivity index (χ4v) is 2.92. The highest BCUT2D eigenvalue weighted by molar-refractivity contribution is 6.31. The van der Waals surface area contributed by atoms with Gasteiger partial charge in [0.1, 0.15) is 5.75 Å². The van der Waals surface area contributed by atoms with Crippen LogP contribution < -0.4 is 15.0 Å². The molecule has 2 aromatic rings. The van der Waals surface area contributed by atoms with Crippen molar-refractivity contribution in [3.63, 3.8) is 0 Å². The van der Waals surface area contributed by atoms with Gasteiger partial charge >= 0.3 is 0 Å². The monoisotopic (exact) mass is 344 g/mol. The molecule has 0 radical (unpaired) electrons. The van der Waals surface area contributed by atoms with Crippen molar-refractivity contribution < 1.29 is 14.3 Å². The number of nitrogens with zero attached hydrogens (tertiary/aromatic N) is 1. The van der Waals surface area contributed by atoms with Crippen LogP contribution in [-0.4, -0.2) is 25.5 Å². The zero-order valence-electron chi connectivity index (χ0n) is 13.2. The van der Waals surface area contributed by atoms with E-state index in [4.69, 9.17) is 16.3 Å². The maximum Gasteiger partial charge on any atom is 0.229 e. The van der Waals surface area contributed by atoms with Gasteiger partial charge in [0.2, 0.25) is 11.8 Å². The molecule has 1 heterocycles. The first kappa shape index (κ1) is 16.3. The van der Waals surface area contributed by atoms with Crippen LogP contribution in [0.3, 0.4) is 0 Å². The predicted octanol–water partition coefficient (Wildman–Crippen LogP) is 3.34. The number of hydrogen-bond acceptors (Lipinski definition) is 3. The summed E-state index contributed by atoms with van der Waals surface area (Å²) in [4.78, 5) is 26.3. The lowest BCUT2D eigenvalue weighted by atomic mass is 10.1. The Morgan fingerprint density at radius 1 is 1.25 bits per heavy atom. The molecule has 1 atom stereocenters. The van der Waals surface area contributed by atoms with E-state index in [9.17, 15) is 9.59 Å². The first-order valence-corrected chi connectivity index (χ1v) is 7.96. The Morgan fingerprint density at radius 2 is 2.00 bits per heavy atom. The minimum Gasteiger partial charge on any atom is -0.495 e. The second-order valence-corrected chi connectivity index (χ2v) is 6.01. The number of nitrogens with one attached hydrogen (secondary N) is 1. The number of halogens is 1. The molecule has 1 aliphatic rings. The zero-order valence-corrected chi connectivity index (χ0v) is 13.9. The normalized spacial score (nSPS) is 17.0. The van der Waals surface area contributed by atoms with Crippen molar-refractivity contribution in [3.8, 4) is 5.75 Å². The smallest absolute Gasteiger partial charge is 0.229 e. The molecule has 0 aromatic heterocycles. The van der Waals surface area contributed by atoms with Crippen molar-refractivity contribution in [2.24, 2.45) is 5.92 Å². The lowest BCUT2D eigenvalue weighted by molar-refractivity contribution is -0.122. The molecular weight excluding hydrogens is 328 g/mol. The molecule has 5 nitrogen and oxygen atoms in total. The molecule has 0 unspecified atom stereocenters. The van der Waals surface area contributed by atoms with Gasteiger partial charge < -0.3 is 15.0 Å². The molecule has 124 valence electrons. The van der Waals surface area contributed by atoms with Crippen LogP contribution in [0.2, 0.25) is 5.02 Å². The van der Waals surface area contributed by atoms with E-state index < -0.39 is 5.92 Å². The van der Waals surface area contributed by atoms with Crippen LogP contribution in [0, 0.1) is 5.92 Å². The minimum absolute atomic E-state index is 0.122. The summed E-state index contributed by atoms with van der Waals surface area (Å²) in [6.07, 6.45) is 0.161. The fourth-order valence-electron chi connectivity index (χ4n) is 2.76. The van der Waals surface area contributed by atoms with Crippen molar-refractivity contribution in [2.75, 3.05) is 23.9 Å². The first-order valence-electron chi connectivity index (χ1n) is 7.58. The van der Waals surface area contributed by atoms with Gasteiger partial charge in [-0.05, 0) is 30.3 Å². The molecular formula is C18H17ClN2O3. The highest BCUT2D eigenvalue weighted by atomic mass is 35.5. The molecule has 1 aliphatic heterocycles. The van der Waals surface area contributed by atoms with E-state index in [2.05, 4.69) is 5.32 Å². The third-order valence-electron chi connectivity index (χ3n) is 3.97. The van der Waals surface area contributed by atoms with Crippen LogP contribution in [0.15, 0.2) is 48.5 Å². The van der Waals surface area contributed by atoms with E-state index in [1.165, 1.54) is 7.11 Å². The van der Waals surface area contributed by atoms with Crippen LogP contribution in [0.4, 0.5) is 11.4 Å². The number of para-hydroxylation sites is 1. The molecule has 0 bridgehead atoms. The number of hydrogen-bond donors (Lipinski definition) is 1. The summed E-state index contributed by atoms with van der Waals surface area (Å²) >= 11 is 6.03. The topological polar surface area (TPSA) is 58.6 Å². The number of amides is 2.